The zero-order chi connectivity index (χ0) is 40.5. The summed E-state index contributed by atoms with van der Waals surface area (Å²) < 4.78 is 5.59. The molecular formula is C43H30N6O9. The summed E-state index contributed by atoms with van der Waals surface area (Å²) in [4.78, 5) is 92.5. The molecular weight excluding hydrogens is 745 g/mol. The average Bonchev–Trinajstić information content (AvgIpc) is 3.87. The number of nitro groups is 1. The first-order chi connectivity index (χ1) is 28.0. The lowest BCUT2D eigenvalue weighted by Gasteiger charge is -2.27. The Labute approximate surface area is 328 Å². The Morgan fingerprint density at radius 1 is 0.776 bits per heavy atom. The first-order valence-corrected chi connectivity index (χ1v) is 18.0. The molecule has 1 fully saturated rings. The van der Waals surface area contributed by atoms with E-state index in [9.17, 15) is 38.9 Å². The van der Waals surface area contributed by atoms with Crippen molar-refractivity contribution in [3.8, 4) is 33.8 Å². The second-order valence-electron chi connectivity index (χ2n) is 13.5. The highest BCUT2D eigenvalue weighted by molar-refractivity contribution is 6.24. The lowest BCUT2D eigenvalue weighted by molar-refractivity contribution is -0.384. The minimum absolute atomic E-state index is 0.000303. The van der Waals surface area contributed by atoms with E-state index in [4.69, 9.17) is 9.40 Å². The number of pyridine rings is 1. The predicted octanol–water partition coefficient (Wildman–Crippen LogP) is 6.17. The molecule has 0 spiro atoms. The molecule has 2 aliphatic heterocycles. The number of benzene rings is 4. The van der Waals surface area contributed by atoms with E-state index in [-0.39, 0.29) is 47.7 Å². The third kappa shape index (κ3) is 7.34. The molecule has 1 saturated heterocycles. The lowest BCUT2D eigenvalue weighted by atomic mass is 10.00. The summed E-state index contributed by atoms with van der Waals surface area (Å²) in [6.45, 7) is 0.128. The summed E-state index contributed by atoms with van der Waals surface area (Å²) in [5, 5.41) is 19.0. The number of anilines is 1. The van der Waals surface area contributed by atoms with E-state index in [1.807, 2.05) is 24.3 Å². The van der Waals surface area contributed by atoms with Crippen molar-refractivity contribution in [3.05, 3.63) is 159 Å². The van der Waals surface area contributed by atoms with Gasteiger partial charge in [-0.15, -0.1) is 0 Å². The zero-order valence-electron chi connectivity index (χ0n) is 30.3. The molecule has 0 bridgehead atoms. The molecule has 0 radical (unpaired) electrons. The SMILES string of the molecule is O=C1CCC(N2C(=O)c3ccc(C(=O)NCc4ccc(NC(=O)c5ccc(-c6cc(-c7ccc([N+](=O)[O-])cc7)nc(-c7ccco7)c6)cc5)cc4)cc3C2=O)C(=O)N1. The van der Waals surface area contributed by atoms with Gasteiger partial charge in [0.2, 0.25) is 11.8 Å². The van der Waals surface area contributed by atoms with Crippen LogP contribution in [0.1, 0.15) is 59.8 Å². The van der Waals surface area contributed by atoms with Crippen LogP contribution in [0, 0.1) is 10.1 Å². The van der Waals surface area contributed by atoms with Crippen molar-refractivity contribution in [1.29, 1.82) is 0 Å². The number of furan rings is 1. The summed E-state index contributed by atoms with van der Waals surface area (Å²) in [5.41, 5.74) is 5.28. The minimum Gasteiger partial charge on any atom is -0.463 e. The number of nitro benzene ring substituents is 1. The quantitative estimate of drug-likeness (QED) is 0.0819. The van der Waals surface area contributed by atoms with Crippen LogP contribution in [0.4, 0.5) is 11.4 Å². The fourth-order valence-electron chi connectivity index (χ4n) is 6.77. The van der Waals surface area contributed by atoms with Crippen molar-refractivity contribution in [2.24, 2.45) is 0 Å². The fourth-order valence-corrected chi connectivity index (χ4v) is 6.77. The number of amides is 6. The molecule has 0 saturated carbocycles. The van der Waals surface area contributed by atoms with Gasteiger partial charge in [0.1, 0.15) is 11.7 Å². The van der Waals surface area contributed by atoms with Gasteiger partial charge in [-0.2, -0.15) is 0 Å². The Morgan fingerprint density at radius 3 is 2.16 bits per heavy atom. The summed E-state index contributed by atoms with van der Waals surface area (Å²) >= 11 is 0. The second kappa shape index (κ2) is 15.2. The molecule has 2 aliphatic rings. The third-order valence-corrected chi connectivity index (χ3v) is 9.82. The predicted molar refractivity (Wildman–Crippen MR) is 208 cm³/mol. The number of rotatable bonds is 10. The summed E-state index contributed by atoms with van der Waals surface area (Å²) in [5.74, 6) is -2.84. The van der Waals surface area contributed by atoms with Gasteiger partial charge in [-0.3, -0.25) is 49.1 Å². The number of nitrogens with zero attached hydrogens (tertiary/aromatic N) is 3. The van der Waals surface area contributed by atoms with Crippen LogP contribution in [-0.2, 0) is 16.1 Å². The molecule has 1 unspecified atom stereocenters. The van der Waals surface area contributed by atoms with Crippen molar-refractivity contribution in [2.75, 3.05) is 5.32 Å². The minimum atomic E-state index is -1.11. The van der Waals surface area contributed by atoms with Crippen molar-refractivity contribution in [3.63, 3.8) is 0 Å². The number of fused-ring (bicyclic) bond motifs is 1. The largest absolute Gasteiger partial charge is 0.463 e. The number of hydrogen-bond acceptors (Lipinski definition) is 10. The van der Waals surface area contributed by atoms with Gasteiger partial charge in [-0.1, -0.05) is 24.3 Å². The molecule has 286 valence electrons. The molecule has 6 aromatic rings. The van der Waals surface area contributed by atoms with Crippen LogP contribution in [0.5, 0.6) is 0 Å². The van der Waals surface area contributed by atoms with Crippen molar-refractivity contribution in [1.82, 2.24) is 20.5 Å². The fraction of sp³-hybridized carbons (Fsp3) is 0.0930. The highest BCUT2D eigenvalue weighted by atomic mass is 16.6. The van der Waals surface area contributed by atoms with Crippen LogP contribution in [0.2, 0.25) is 0 Å². The van der Waals surface area contributed by atoms with E-state index in [1.54, 1.807) is 66.9 Å². The number of imide groups is 2. The summed E-state index contributed by atoms with van der Waals surface area (Å²) in [6, 6.07) is 30.3. The van der Waals surface area contributed by atoms with Gasteiger partial charge in [0.25, 0.3) is 29.3 Å². The molecule has 1 atom stereocenters. The Balaban J connectivity index is 0.896. The van der Waals surface area contributed by atoms with E-state index in [0.29, 0.717) is 34.0 Å². The maximum Gasteiger partial charge on any atom is 0.269 e. The molecule has 4 aromatic carbocycles. The third-order valence-electron chi connectivity index (χ3n) is 9.82. The van der Waals surface area contributed by atoms with Gasteiger partial charge in [-0.25, -0.2) is 4.98 Å². The normalized spacial score (nSPS) is 14.8. The van der Waals surface area contributed by atoms with Gasteiger partial charge >= 0.3 is 0 Å². The van der Waals surface area contributed by atoms with E-state index in [0.717, 1.165) is 21.6 Å². The average molecular weight is 775 g/mol. The van der Waals surface area contributed by atoms with Crippen LogP contribution in [0.3, 0.4) is 0 Å². The number of carbonyl (C=O) groups is 6. The maximum atomic E-state index is 13.2. The summed E-state index contributed by atoms with van der Waals surface area (Å²) in [6.07, 6.45) is 1.57. The van der Waals surface area contributed by atoms with Crippen molar-refractivity contribution < 1.29 is 38.1 Å². The highest BCUT2D eigenvalue weighted by Gasteiger charge is 2.44. The van der Waals surface area contributed by atoms with Gasteiger partial charge < -0.3 is 15.1 Å². The van der Waals surface area contributed by atoms with Crippen LogP contribution in [-0.4, -0.2) is 56.3 Å². The Bertz CT molecular complexity index is 2660. The van der Waals surface area contributed by atoms with Crippen LogP contribution in [0.15, 0.2) is 126 Å². The van der Waals surface area contributed by atoms with Gasteiger partial charge in [0.05, 0.1) is 28.0 Å². The van der Waals surface area contributed by atoms with E-state index < -0.39 is 40.5 Å². The smallest absolute Gasteiger partial charge is 0.269 e. The number of carbonyl (C=O) groups excluding carboxylic acids is 6. The van der Waals surface area contributed by atoms with Crippen molar-refractivity contribution >= 4 is 46.8 Å². The number of piperidine rings is 1. The Kier molecular flexibility index (Phi) is 9.68. The molecule has 4 heterocycles. The van der Waals surface area contributed by atoms with Crippen LogP contribution < -0.4 is 16.0 Å². The van der Waals surface area contributed by atoms with Gasteiger partial charge in [0.15, 0.2) is 5.76 Å². The van der Waals surface area contributed by atoms with E-state index in [1.165, 1.54) is 30.3 Å². The molecule has 15 heteroatoms. The molecule has 2 aromatic heterocycles. The second-order valence-corrected chi connectivity index (χ2v) is 13.5. The first-order valence-electron chi connectivity index (χ1n) is 18.0. The molecule has 58 heavy (non-hydrogen) atoms. The Morgan fingerprint density at radius 2 is 1.47 bits per heavy atom. The number of aromatic nitrogens is 1. The van der Waals surface area contributed by atoms with Crippen LogP contribution in [0.25, 0.3) is 33.8 Å². The molecule has 15 nitrogen and oxygen atoms in total. The van der Waals surface area contributed by atoms with E-state index in [2.05, 4.69) is 16.0 Å². The lowest BCUT2D eigenvalue weighted by Crippen LogP contribution is -2.54. The first kappa shape index (κ1) is 36.9. The highest BCUT2D eigenvalue weighted by Crippen LogP contribution is 2.32. The van der Waals surface area contributed by atoms with Gasteiger partial charge in [-0.05, 0) is 102 Å². The standard InChI is InChI=1S/C43H30N6O9/c50-38-18-17-36(41(53)47-38)48-42(54)32-16-11-28(20-33(32)43(48)55)39(51)44-23-24-3-12-30(13-4-24)45-40(52)27-7-5-25(6-8-27)29-21-34(26-9-14-31(15-10-26)49(56)57)46-35(22-29)37-2-1-19-58-37/h1-16,19-22,36H,17-18,23H2,(H,44,51)(H,45,52)(H,47,50,53). The maximum absolute atomic E-state index is 13.2. The molecule has 0 aliphatic carbocycles. The van der Waals surface area contributed by atoms with E-state index >= 15 is 0 Å². The Hall–Kier alpha value is -8.07. The number of nitrogens with one attached hydrogen (secondary N) is 3. The molecule has 6 amide bonds. The monoisotopic (exact) mass is 774 g/mol. The van der Waals surface area contributed by atoms with Crippen molar-refractivity contribution in [2.45, 2.75) is 25.4 Å². The number of non-ortho nitro benzene ring substituents is 1. The molecule has 3 N–H and O–H groups in total. The molecule has 8 rings (SSSR count). The van der Waals surface area contributed by atoms with Gasteiger partial charge in [0, 0.05) is 47.5 Å². The van der Waals surface area contributed by atoms with Crippen LogP contribution >= 0.6 is 0 Å². The summed E-state index contributed by atoms with van der Waals surface area (Å²) in [7, 11) is 0. The zero-order valence-corrected chi connectivity index (χ0v) is 30.3. The number of hydrogen-bond donors (Lipinski definition) is 3. The topological polar surface area (TPSA) is 211 Å².